The Labute approximate surface area is 75.8 Å². The molecule has 0 saturated heterocycles. The molecular formula is C9H11I. The van der Waals surface area contributed by atoms with Crippen LogP contribution in [-0.4, -0.2) is 0 Å². The number of rotatable bonds is 0. The second-order valence-electron chi connectivity index (χ2n) is 2.58. The quantitative estimate of drug-likeness (QED) is 0.573. The molecule has 0 aliphatic heterocycles. The molecule has 0 N–H and O–H groups in total. The van der Waals surface area contributed by atoms with Crippen molar-refractivity contribution in [3.8, 4) is 0 Å². The van der Waals surface area contributed by atoms with Gasteiger partial charge >= 0.3 is 0 Å². The molecule has 0 amide bonds. The van der Waals surface area contributed by atoms with Gasteiger partial charge in [0.05, 0.1) is 0 Å². The van der Waals surface area contributed by atoms with Gasteiger partial charge in [0.2, 0.25) is 0 Å². The van der Waals surface area contributed by atoms with Crippen LogP contribution in [-0.2, 0) is 0 Å². The largest absolute Gasteiger partial charge is 0.0794 e. The Morgan fingerprint density at radius 3 is 2.80 bits per heavy atom. The first kappa shape index (κ1) is 8.05. The maximum absolute atomic E-state index is 2.40. The van der Waals surface area contributed by atoms with E-state index in [1.54, 1.807) is 0 Å². The summed E-state index contributed by atoms with van der Waals surface area (Å²) in [4.78, 5) is 0. The minimum atomic E-state index is 1.10. The molecule has 0 atom stereocenters. The number of hydrogen-bond donors (Lipinski definition) is 0. The molecule has 0 unspecified atom stereocenters. The van der Waals surface area contributed by atoms with Crippen LogP contribution in [0.1, 0.15) is 20.3 Å². The highest BCUT2D eigenvalue weighted by Gasteiger charge is 1.97. The Balaban J connectivity index is 2.96. The summed E-state index contributed by atoms with van der Waals surface area (Å²) in [7, 11) is 0. The van der Waals surface area contributed by atoms with E-state index in [2.05, 4.69) is 54.7 Å². The fourth-order valence-electron chi connectivity index (χ4n) is 0.977. The fraction of sp³-hybridized carbons (Fsp3) is 0.333. The van der Waals surface area contributed by atoms with Gasteiger partial charge in [0, 0.05) is 0 Å². The lowest BCUT2D eigenvalue weighted by atomic mass is 10.2. The molecule has 1 rings (SSSR count). The molecule has 1 heteroatoms. The van der Waals surface area contributed by atoms with E-state index < -0.39 is 0 Å². The third-order valence-electron chi connectivity index (χ3n) is 1.55. The highest BCUT2D eigenvalue weighted by molar-refractivity contribution is 14.1. The summed E-state index contributed by atoms with van der Waals surface area (Å²) >= 11 is 2.40. The van der Waals surface area contributed by atoms with Gasteiger partial charge in [-0.2, -0.15) is 0 Å². The van der Waals surface area contributed by atoms with E-state index in [0.717, 1.165) is 6.42 Å². The second kappa shape index (κ2) is 3.37. The van der Waals surface area contributed by atoms with E-state index in [0.29, 0.717) is 0 Å². The van der Waals surface area contributed by atoms with E-state index >= 15 is 0 Å². The molecule has 0 heterocycles. The van der Waals surface area contributed by atoms with Crippen molar-refractivity contribution in [1.82, 2.24) is 0 Å². The van der Waals surface area contributed by atoms with Gasteiger partial charge in [-0.1, -0.05) is 23.8 Å². The van der Waals surface area contributed by atoms with Crippen LogP contribution >= 0.6 is 22.6 Å². The normalized spacial score (nSPS) is 18.9. The monoisotopic (exact) mass is 246 g/mol. The highest BCUT2D eigenvalue weighted by atomic mass is 127. The second-order valence-corrected chi connectivity index (χ2v) is 3.88. The number of allylic oxidation sites excluding steroid dienone is 6. The first-order valence-electron chi connectivity index (χ1n) is 3.40. The molecule has 0 aromatic heterocycles. The summed E-state index contributed by atoms with van der Waals surface area (Å²) in [5.74, 6) is 0. The van der Waals surface area contributed by atoms with Crippen molar-refractivity contribution in [3.63, 3.8) is 0 Å². The topological polar surface area (TPSA) is 0 Å². The molecule has 10 heavy (non-hydrogen) atoms. The summed E-state index contributed by atoms with van der Waals surface area (Å²) < 4.78 is 1.45. The average Bonchev–Trinajstić information content (AvgIpc) is 1.96. The standard InChI is InChI=1S/C9H11I/c1-7-4-3-5-9(10)8(2)6-7/h3-4,6H,5H2,1-2H3. The van der Waals surface area contributed by atoms with Gasteiger partial charge in [0.1, 0.15) is 0 Å². The third-order valence-corrected chi connectivity index (χ3v) is 2.84. The van der Waals surface area contributed by atoms with Crippen LogP contribution in [0, 0.1) is 0 Å². The highest BCUT2D eigenvalue weighted by Crippen LogP contribution is 2.22. The lowest BCUT2D eigenvalue weighted by Crippen LogP contribution is -1.72. The molecule has 54 valence electrons. The predicted octanol–water partition coefficient (Wildman–Crippen LogP) is 3.60. The van der Waals surface area contributed by atoms with Crippen LogP contribution < -0.4 is 0 Å². The van der Waals surface area contributed by atoms with Crippen LogP contribution in [0.5, 0.6) is 0 Å². The van der Waals surface area contributed by atoms with Crippen molar-refractivity contribution in [3.05, 3.63) is 33.0 Å². The van der Waals surface area contributed by atoms with Crippen molar-refractivity contribution in [2.24, 2.45) is 0 Å². The third kappa shape index (κ3) is 1.97. The van der Waals surface area contributed by atoms with Crippen LogP contribution in [0.3, 0.4) is 0 Å². The van der Waals surface area contributed by atoms with Crippen molar-refractivity contribution >= 4 is 22.6 Å². The first-order valence-corrected chi connectivity index (χ1v) is 4.48. The summed E-state index contributed by atoms with van der Waals surface area (Å²) in [5.41, 5.74) is 2.76. The molecule has 1 aliphatic rings. The van der Waals surface area contributed by atoms with Gasteiger partial charge in [-0.15, -0.1) is 0 Å². The molecule has 0 aromatic carbocycles. The van der Waals surface area contributed by atoms with E-state index in [9.17, 15) is 0 Å². The Morgan fingerprint density at radius 2 is 2.10 bits per heavy atom. The Morgan fingerprint density at radius 1 is 1.40 bits per heavy atom. The zero-order chi connectivity index (χ0) is 7.56. The van der Waals surface area contributed by atoms with Gasteiger partial charge in [-0.3, -0.25) is 0 Å². The maximum Gasteiger partial charge on any atom is -0.00270 e. The first-order chi connectivity index (χ1) is 4.70. The summed E-state index contributed by atoms with van der Waals surface area (Å²) in [6.07, 6.45) is 7.71. The van der Waals surface area contributed by atoms with Crippen molar-refractivity contribution < 1.29 is 0 Å². The minimum Gasteiger partial charge on any atom is -0.0794 e. The fourth-order valence-corrected chi connectivity index (χ4v) is 1.39. The summed E-state index contributed by atoms with van der Waals surface area (Å²) in [6.45, 7) is 4.30. The van der Waals surface area contributed by atoms with Gasteiger partial charge < -0.3 is 0 Å². The smallest absolute Gasteiger partial charge is 0.00270 e. The van der Waals surface area contributed by atoms with Crippen LogP contribution in [0.25, 0.3) is 0 Å². The number of hydrogen-bond acceptors (Lipinski definition) is 0. The molecule has 0 aromatic rings. The zero-order valence-electron chi connectivity index (χ0n) is 6.32. The minimum absolute atomic E-state index is 1.10. The van der Waals surface area contributed by atoms with E-state index in [1.165, 1.54) is 14.7 Å². The van der Waals surface area contributed by atoms with E-state index in [1.807, 2.05) is 0 Å². The van der Waals surface area contributed by atoms with E-state index in [-0.39, 0.29) is 0 Å². The van der Waals surface area contributed by atoms with E-state index in [4.69, 9.17) is 0 Å². The molecule has 0 spiro atoms. The molecule has 1 aliphatic carbocycles. The average molecular weight is 246 g/mol. The Kier molecular flexibility index (Phi) is 2.72. The van der Waals surface area contributed by atoms with Crippen LogP contribution in [0.2, 0.25) is 0 Å². The van der Waals surface area contributed by atoms with Crippen molar-refractivity contribution in [2.45, 2.75) is 20.3 Å². The van der Waals surface area contributed by atoms with Gasteiger partial charge in [0.15, 0.2) is 0 Å². The molecule has 0 radical (unpaired) electrons. The lowest BCUT2D eigenvalue weighted by molar-refractivity contribution is 1.33. The molecular weight excluding hydrogens is 235 g/mol. The maximum atomic E-state index is 2.40. The van der Waals surface area contributed by atoms with Crippen molar-refractivity contribution in [1.29, 1.82) is 0 Å². The summed E-state index contributed by atoms with van der Waals surface area (Å²) in [6, 6.07) is 0. The molecule has 0 nitrogen and oxygen atoms in total. The SMILES string of the molecule is CC1=CC(C)=C(I)CC=C1. The number of halogens is 1. The molecule has 0 fully saturated rings. The summed E-state index contributed by atoms with van der Waals surface area (Å²) in [5, 5.41) is 0. The molecule has 0 bridgehead atoms. The van der Waals surface area contributed by atoms with Crippen molar-refractivity contribution in [2.75, 3.05) is 0 Å². The Hall–Kier alpha value is -0.0500. The van der Waals surface area contributed by atoms with Gasteiger partial charge in [-0.05, 0) is 52.0 Å². The zero-order valence-corrected chi connectivity index (χ0v) is 8.47. The van der Waals surface area contributed by atoms with Gasteiger partial charge in [-0.25, -0.2) is 0 Å². The predicted molar refractivity (Wildman–Crippen MR) is 54.2 cm³/mol. The van der Waals surface area contributed by atoms with Gasteiger partial charge in [0.25, 0.3) is 0 Å². The lowest BCUT2D eigenvalue weighted by Gasteiger charge is -1.94. The Bertz CT molecular complexity index is 219. The van der Waals surface area contributed by atoms with Crippen LogP contribution in [0.4, 0.5) is 0 Å². The molecule has 0 saturated carbocycles. The van der Waals surface area contributed by atoms with Crippen LogP contribution in [0.15, 0.2) is 33.0 Å².